The molecule has 2 aromatic rings. The number of benzene rings is 2. The Morgan fingerprint density at radius 2 is 1.77 bits per heavy atom. The molecular formula is C30H22BrCl2NO6. The Morgan fingerprint density at radius 3 is 2.48 bits per heavy atom. The van der Waals surface area contributed by atoms with E-state index in [1.54, 1.807) is 24.3 Å². The molecule has 204 valence electrons. The van der Waals surface area contributed by atoms with Crippen molar-refractivity contribution in [1.29, 1.82) is 0 Å². The number of aromatic hydroxyl groups is 1. The summed E-state index contributed by atoms with van der Waals surface area (Å²) in [6.45, 7) is 1.84. The van der Waals surface area contributed by atoms with E-state index in [4.69, 9.17) is 27.9 Å². The Bertz CT molecular complexity index is 1660. The molecule has 6 rings (SSSR count). The molecule has 4 atom stereocenters. The minimum atomic E-state index is -0.730. The van der Waals surface area contributed by atoms with Crippen LogP contribution >= 0.6 is 39.1 Å². The lowest BCUT2D eigenvalue weighted by molar-refractivity contribution is -0.123. The van der Waals surface area contributed by atoms with Crippen molar-refractivity contribution in [2.24, 2.45) is 17.8 Å². The molecule has 1 fully saturated rings. The van der Waals surface area contributed by atoms with Gasteiger partial charge in [-0.25, -0.2) is 4.90 Å². The first-order valence-electron chi connectivity index (χ1n) is 12.6. The van der Waals surface area contributed by atoms with Gasteiger partial charge in [0.15, 0.2) is 23.1 Å². The first-order chi connectivity index (χ1) is 19.0. The van der Waals surface area contributed by atoms with Crippen LogP contribution in [0.15, 0.2) is 63.7 Å². The number of Topliss-reactive ketones (excluding diaryl/α,β-unsaturated/α-hetero) is 1. The first kappa shape index (κ1) is 27.0. The Hall–Kier alpha value is -3.20. The van der Waals surface area contributed by atoms with Crippen molar-refractivity contribution in [1.82, 2.24) is 0 Å². The van der Waals surface area contributed by atoms with Crippen molar-refractivity contribution >= 4 is 68.2 Å². The SMILES string of the molecule is COc1cc([C@H]2C3=CC[C@@H]4C(=O)N(c5ccc(C)c(Cl)c5)C(=O)[C@@H]4[C@@H]3CC3=C2C(=O)C=C(Br)C3=O)cc(Cl)c1O. The number of halogens is 3. The maximum atomic E-state index is 14.0. The molecule has 0 aromatic heterocycles. The fraction of sp³-hybridized carbons (Fsp3) is 0.267. The van der Waals surface area contributed by atoms with E-state index < -0.39 is 23.7 Å². The number of allylic oxidation sites excluding steroid dienone is 6. The van der Waals surface area contributed by atoms with E-state index in [2.05, 4.69) is 15.9 Å². The van der Waals surface area contributed by atoms with Crippen molar-refractivity contribution in [2.45, 2.75) is 25.7 Å². The highest BCUT2D eigenvalue weighted by Gasteiger charge is 2.56. The molecule has 2 aromatic carbocycles. The number of imide groups is 1. The van der Waals surface area contributed by atoms with Gasteiger partial charge in [-0.2, -0.15) is 0 Å². The molecule has 7 nitrogen and oxygen atoms in total. The quantitative estimate of drug-likeness (QED) is 0.251. The number of aryl methyl sites for hydroxylation is 1. The normalized spacial score (nSPS) is 25.9. The third kappa shape index (κ3) is 3.91. The number of ether oxygens (including phenoxy) is 1. The molecule has 0 bridgehead atoms. The van der Waals surface area contributed by atoms with Crippen molar-refractivity contribution in [2.75, 3.05) is 12.0 Å². The third-order valence-electron chi connectivity index (χ3n) is 8.35. The van der Waals surface area contributed by atoms with Crippen LogP contribution in [0.1, 0.15) is 29.9 Å². The Morgan fingerprint density at radius 1 is 1.02 bits per heavy atom. The van der Waals surface area contributed by atoms with E-state index >= 15 is 0 Å². The second-order valence-electron chi connectivity index (χ2n) is 10.4. The zero-order chi connectivity index (χ0) is 28.6. The van der Waals surface area contributed by atoms with Crippen LogP contribution in [-0.4, -0.2) is 35.6 Å². The molecule has 3 aliphatic carbocycles. The zero-order valence-electron chi connectivity index (χ0n) is 21.3. The third-order valence-corrected chi connectivity index (χ3v) is 9.63. The molecule has 0 saturated carbocycles. The number of anilines is 1. The van der Waals surface area contributed by atoms with Gasteiger partial charge >= 0.3 is 0 Å². The number of ketones is 2. The standard InChI is InChI=1S/C30H22BrCl2NO6/c1-12-3-4-14(9-20(12)32)34-29(38)16-6-5-15-17(25(16)30(34)39)10-18-26(22(35)11-19(31)27(18)36)24(15)13-7-21(33)28(37)23(8-13)40-2/h3-5,7-9,11,16-17,24-25,37H,6,10H2,1-2H3/t16-,17+,24-,25-/m0/s1. The van der Waals surface area contributed by atoms with E-state index in [-0.39, 0.29) is 50.8 Å². The topological polar surface area (TPSA) is 101 Å². The van der Waals surface area contributed by atoms with Crippen molar-refractivity contribution < 1.29 is 29.0 Å². The highest BCUT2D eigenvalue weighted by atomic mass is 79.9. The number of fused-ring (bicyclic) bond motifs is 3. The fourth-order valence-corrected chi connectivity index (χ4v) is 7.32. The minimum absolute atomic E-state index is 0.0220. The van der Waals surface area contributed by atoms with Crippen LogP contribution in [-0.2, 0) is 19.2 Å². The van der Waals surface area contributed by atoms with Gasteiger partial charge in [0, 0.05) is 28.2 Å². The molecule has 0 radical (unpaired) electrons. The number of carbonyl (C=O) groups excluding carboxylic acids is 4. The predicted molar refractivity (Wildman–Crippen MR) is 153 cm³/mol. The van der Waals surface area contributed by atoms with Crippen molar-refractivity contribution in [3.63, 3.8) is 0 Å². The van der Waals surface area contributed by atoms with Crippen LogP contribution in [0.4, 0.5) is 5.69 Å². The summed E-state index contributed by atoms with van der Waals surface area (Å²) < 4.78 is 5.46. The zero-order valence-corrected chi connectivity index (χ0v) is 24.4. The highest BCUT2D eigenvalue weighted by molar-refractivity contribution is 9.12. The van der Waals surface area contributed by atoms with Gasteiger partial charge in [0.2, 0.25) is 11.8 Å². The van der Waals surface area contributed by atoms with E-state index in [1.807, 2.05) is 13.0 Å². The van der Waals surface area contributed by atoms with E-state index in [0.717, 1.165) is 11.1 Å². The summed E-state index contributed by atoms with van der Waals surface area (Å²) >= 11 is 15.9. The van der Waals surface area contributed by atoms with Crippen LogP contribution in [0.5, 0.6) is 11.5 Å². The average molecular weight is 643 g/mol. The molecule has 1 N–H and O–H groups in total. The van der Waals surface area contributed by atoms with Crippen molar-refractivity contribution in [3.8, 4) is 11.5 Å². The lowest BCUT2D eigenvalue weighted by atomic mass is 9.59. The molecule has 2 amide bonds. The Labute approximate surface area is 248 Å². The minimum Gasteiger partial charge on any atom is -0.503 e. The van der Waals surface area contributed by atoms with Gasteiger partial charge in [-0.05, 0) is 77.0 Å². The van der Waals surface area contributed by atoms with Crippen LogP contribution < -0.4 is 9.64 Å². The molecule has 0 unspecified atom stereocenters. The number of phenolic OH excluding ortho intramolecular Hbond substituents is 1. The lowest BCUT2D eigenvalue weighted by Crippen LogP contribution is -2.39. The second kappa shape index (κ2) is 9.72. The number of phenols is 1. The summed E-state index contributed by atoms with van der Waals surface area (Å²) in [5, 5.41) is 10.8. The Balaban J connectivity index is 1.50. The van der Waals surface area contributed by atoms with Gasteiger partial charge in [-0.1, -0.05) is 40.9 Å². The van der Waals surface area contributed by atoms with Gasteiger partial charge in [-0.15, -0.1) is 0 Å². The fourth-order valence-electron chi connectivity index (χ4n) is 6.48. The first-order valence-corrected chi connectivity index (χ1v) is 14.2. The summed E-state index contributed by atoms with van der Waals surface area (Å²) in [6, 6.07) is 8.19. The van der Waals surface area contributed by atoms with Gasteiger partial charge in [0.1, 0.15) is 0 Å². The van der Waals surface area contributed by atoms with E-state index in [1.165, 1.54) is 24.2 Å². The second-order valence-corrected chi connectivity index (χ2v) is 12.1. The summed E-state index contributed by atoms with van der Waals surface area (Å²) in [5.74, 6) is -4.06. The van der Waals surface area contributed by atoms with E-state index in [0.29, 0.717) is 33.8 Å². The summed E-state index contributed by atoms with van der Waals surface area (Å²) in [4.78, 5) is 55.6. The van der Waals surface area contributed by atoms with Gasteiger partial charge in [0.25, 0.3) is 0 Å². The van der Waals surface area contributed by atoms with Gasteiger partial charge < -0.3 is 9.84 Å². The maximum Gasteiger partial charge on any atom is 0.238 e. The molecule has 4 aliphatic rings. The number of hydrogen-bond donors (Lipinski definition) is 1. The number of methoxy groups -OCH3 is 1. The monoisotopic (exact) mass is 641 g/mol. The molecule has 1 aliphatic heterocycles. The molecule has 10 heteroatoms. The van der Waals surface area contributed by atoms with Crippen LogP contribution in [0.3, 0.4) is 0 Å². The lowest BCUT2D eigenvalue weighted by Gasteiger charge is -2.42. The summed E-state index contributed by atoms with van der Waals surface area (Å²) in [5.41, 5.74) is 3.12. The molecule has 1 saturated heterocycles. The molecule has 0 spiro atoms. The molecule has 1 heterocycles. The summed E-state index contributed by atoms with van der Waals surface area (Å²) in [6.07, 6.45) is 3.60. The van der Waals surface area contributed by atoms with Gasteiger partial charge in [-0.3, -0.25) is 19.2 Å². The van der Waals surface area contributed by atoms with Crippen LogP contribution in [0.25, 0.3) is 0 Å². The van der Waals surface area contributed by atoms with E-state index in [9.17, 15) is 24.3 Å². The highest BCUT2D eigenvalue weighted by Crippen LogP contribution is 2.56. The number of amides is 2. The number of nitrogens with zero attached hydrogens (tertiary/aromatic N) is 1. The largest absolute Gasteiger partial charge is 0.503 e. The smallest absolute Gasteiger partial charge is 0.238 e. The number of rotatable bonds is 3. The summed E-state index contributed by atoms with van der Waals surface area (Å²) in [7, 11) is 1.39. The molecule has 40 heavy (non-hydrogen) atoms. The van der Waals surface area contributed by atoms with Crippen molar-refractivity contribution in [3.05, 3.63) is 84.9 Å². The number of carbonyl (C=O) groups is 4. The maximum absolute atomic E-state index is 14.0. The molecular weight excluding hydrogens is 621 g/mol. The van der Waals surface area contributed by atoms with Crippen LogP contribution in [0, 0.1) is 24.7 Å². The number of hydrogen-bond acceptors (Lipinski definition) is 6. The average Bonchev–Trinajstić information content (AvgIpc) is 3.18. The predicted octanol–water partition coefficient (Wildman–Crippen LogP) is 5.98. The van der Waals surface area contributed by atoms with Gasteiger partial charge in [0.05, 0.1) is 34.1 Å². The Kier molecular flexibility index (Phi) is 6.56. The van der Waals surface area contributed by atoms with Crippen LogP contribution in [0.2, 0.25) is 10.0 Å².